The zero-order valence-corrected chi connectivity index (χ0v) is 18.5. The number of nitrogens with one attached hydrogen (secondary N) is 2. The van der Waals surface area contributed by atoms with Crippen LogP contribution in [0.2, 0.25) is 0 Å². The fraction of sp³-hybridized carbons (Fsp3) is 0.462. The molecule has 1 aliphatic carbocycles. The number of hydrogen-bond donors (Lipinski definition) is 2. The van der Waals surface area contributed by atoms with Crippen LogP contribution in [0.1, 0.15) is 91.1 Å². The van der Waals surface area contributed by atoms with E-state index in [0.29, 0.717) is 28.2 Å². The molecule has 0 saturated carbocycles. The summed E-state index contributed by atoms with van der Waals surface area (Å²) in [5.41, 5.74) is 3.57. The van der Waals surface area contributed by atoms with Crippen molar-refractivity contribution in [2.75, 3.05) is 23.7 Å². The van der Waals surface area contributed by atoms with Crippen molar-refractivity contribution in [3.8, 4) is 0 Å². The summed E-state index contributed by atoms with van der Waals surface area (Å²) in [5.74, 6) is 0.425. The van der Waals surface area contributed by atoms with Crippen LogP contribution in [0, 0.1) is 5.92 Å². The molecule has 1 aliphatic rings. The van der Waals surface area contributed by atoms with E-state index in [-0.39, 0.29) is 11.6 Å². The van der Waals surface area contributed by atoms with E-state index in [9.17, 15) is 9.59 Å². The average molecular weight is 407 g/mol. The third kappa shape index (κ3) is 4.58. The molecule has 2 aromatic rings. The predicted octanol–water partition coefficient (Wildman–Crippen LogP) is 6.30. The Labute approximate surface area is 180 Å². The summed E-state index contributed by atoms with van der Waals surface area (Å²) >= 11 is 0. The molecular weight excluding hydrogens is 372 g/mol. The molecule has 0 radical (unpaired) electrons. The van der Waals surface area contributed by atoms with Gasteiger partial charge in [-0.05, 0) is 30.9 Å². The molecule has 3 rings (SSSR count). The summed E-state index contributed by atoms with van der Waals surface area (Å²) in [6.45, 7) is 8.16. The second kappa shape index (κ2) is 10.4. The van der Waals surface area contributed by atoms with Crippen LogP contribution in [0.3, 0.4) is 0 Å². The first-order valence-corrected chi connectivity index (χ1v) is 11.4. The van der Waals surface area contributed by atoms with Crippen LogP contribution in [-0.2, 0) is 0 Å². The Kier molecular flexibility index (Phi) is 7.67. The standard InChI is InChI=1S/C26H34N2O2/c1-4-7-11-18(6-3)17-28-22-15-14-21(27-16-8-5-2)23-24(22)26(30)20-13-10-9-12-19(20)25(23)29/h9-10,12-15,18,27-28H,4-8,11,16-17H2,1-3H3. The van der Waals surface area contributed by atoms with Gasteiger partial charge in [-0.2, -0.15) is 0 Å². The Bertz CT molecular complexity index is 904. The van der Waals surface area contributed by atoms with Gasteiger partial charge in [0.1, 0.15) is 0 Å². The molecule has 0 fully saturated rings. The summed E-state index contributed by atoms with van der Waals surface area (Å²) < 4.78 is 0. The Morgan fingerprint density at radius 2 is 1.33 bits per heavy atom. The van der Waals surface area contributed by atoms with E-state index in [2.05, 4.69) is 31.4 Å². The first-order chi connectivity index (χ1) is 14.6. The smallest absolute Gasteiger partial charge is 0.196 e. The number of rotatable bonds is 11. The van der Waals surface area contributed by atoms with E-state index in [4.69, 9.17) is 0 Å². The van der Waals surface area contributed by atoms with Gasteiger partial charge in [0.05, 0.1) is 11.1 Å². The predicted molar refractivity (Wildman–Crippen MR) is 125 cm³/mol. The lowest BCUT2D eigenvalue weighted by Gasteiger charge is -2.25. The summed E-state index contributed by atoms with van der Waals surface area (Å²) in [5, 5.41) is 6.89. The Hall–Kier alpha value is -2.62. The van der Waals surface area contributed by atoms with Crippen molar-refractivity contribution in [3.05, 3.63) is 58.7 Å². The van der Waals surface area contributed by atoms with Crippen molar-refractivity contribution in [1.29, 1.82) is 0 Å². The van der Waals surface area contributed by atoms with Crippen LogP contribution in [-0.4, -0.2) is 24.7 Å². The third-order valence-corrected chi connectivity index (χ3v) is 6.05. The van der Waals surface area contributed by atoms with Gasteiger partial charge < -0.3 is 10.6 Å². The molecule has 1 unspecified atom stereocenters. The largest absolute Gasteiger partial charge is 0.384 e. The van der Waals surface area contributed by atoms with Crippen molar-refractivity contribution in [2.45, 2.75) is 59.3 Å². The molecule has 4 nitrogen and oxygen atoms in total. The normalized spacial score (nSPS) is 13.6. The van der Waals surface area contributed by atoms with E-state index in [0.717, 1.165) is 43.7 Å². The summed E-state index contributed by atoms with van der Waals surface area (Å²) in [4.78, 5) is 26.8. The second-order valence-electron chi connectivity index (χ2n) is 8.19. The second-order valence-corrected chi connectivity index (χ2v) is 8.19. The van der Waals surface area contributed by atoms with Gasteiger partial charge in [0, 0.05) is 35.6 Å². The van der Waals surface area contributed by atoms with E-state index in [1.807, 2.05) is 24.3 Å². The van der Waals surface area contributed by atoms with Crippen LogP contribution in [0.25, 0.3) is 0 Å². The summed E-state index contributed by atoms with van der Waals surface area (Å²) in [6.07, 6.45) is 6.76. The molecule has 30 heavy (non-hydrogen) atoms. The Morgan fingerprint density at radius 1 is 0.767 bits per heavy atom. The molecule has 2 N–H and O–H groups in total. The van der Waals surface area contributed by atoms with Crippen LogP contribution in [0.4, 0.5) is 11.4 Å². The van der Waals surface area contributed by atoms with Crippen LogP contribution in [0.5, 0.6) is 0 Å². The number of fused-ring (bicyclic) bond motifs is 2. The zero-order valence-electron chi connectivity index (χ0n) is 18.5. The first-order valence-electron chi connectivity index (χ1n) is 11.4. The topological polar surface area (TPSA) is 58.2 Å². The van der Waals surface area contributed by atoms with Gasteiger partial charge >= 0.3 is 0 Å². The number of ketones is 2. The van der Waals surface area contributed by atoms with Gasteiger partial charge in [-0.3, -0.25) is 9.59 Å². The lowest BCUT2D eigenvalue weighted by atomic mass is 9.82. The highest BCUT2D eigenvalue weighted by Crippen LogP contribution is 2.36. The fourth-order valence-electron chi connectivity index (χ4n) is 4.11. The minimum absolute atomic E-state index is 0.0663. The van der Waals surface area contributed by atoms with Gasteiger partial charge in [-0.15, -0.1) is 0 Å². The minimum atomic E-state index is -0.0686. The van der Waals surface area contributed by atoms with Gasteiger partial charge in [-0.25, -0.2) is 0 Å². The first kappa shape index (κ1) is 22.1. The molecule has 0 bridgehead atoms. The quantitative estimate of drug-likeness (QED) is 0.367. The van der Waals surface area contributed by atoms with Gasteiger partial charge in [0.25, 0.3) is 0 Å². The minimum Gasteiger partial charge on any atom is -0.384 e. The van der Waals surface area contributed by atoms with Crippen LogP contribution in [0.15, 0.2) is 36.4 Å². The van der Waals surface area contributed by atoms with Crippen LogP contribution >= 0.6 is 0 Å². The molecule has 160 valence electrons. The molecule has 0 spiro atoms. The van der Waals surface area contributed by atoms with Gasteiger partial charge in [0.2, 0.25) is 0 Å². The van der Waals surface area contributed by atoms with Gasteiger partial charge in [-0.1, -0.05) is 70.7 Å². The Morgan fingerprint density at radius 3 is 1.87 bits per heavy atom. The monoisotopic (exact) mass is 406 g/mol. The molecule has 0 heterocycles. The fourth-order valence-corrected chi connectivity index (χ4v) is 4.11. The molecule has 0 saturated heterocycles. The molecular formula is C26H34N2O2. The van der Waals surface area contributed by atoms with Crippen molar-refractivity contribution < 1.29 is 9.59 Å². The SMILES string of the molecule is CCCCNc1ccc(NCC(CC)CCCC)c2c1C(=O)c1ccccc1C2=O. The van der Waals surface area contributed by atoms with Crippen molar-refractivity contribution in [2.24, 2.45) is 5.92 Å². The molecule has 0 aromatic heterocycles. The lowest BCUT2D eigenvalue weighted by molar-refractivity contribution is 0.0980. The number of anilines is 2. The molecule has 4 heteroatoms. The molecule has 2 aromatic carbocycles. The number of hydrogen-bond acceptors (Lipinski definition) is 4. The molecule has 0 aliphatic heterocycles. The summed E-state index contributed by atoms with van der Waals surface area (Å²) in [6, 6.07) is 11.1. The maximum atomic E-state index is 13.4. The van der Waals surface area contributed by atoms with E-state index < -0.39 is 0 Å². The Balaban J connectivity index is 1.97. The number of carbonyl (C=O) groups is 2. The van der Waals surface area contributed by atoms with Gasteiger partial charge in [0.15, 0.2) is 11.6 Å². The summed E-state index contributed by atoms with van der Waals surface area (Å²) in [7, 11) is 0. The van der Waals surface area contributed by atoms with Crippen molar-refractivity contribution in [3.63, 3.8) is 0 Å². The highest BCUT2D eigenvalue weighted by Gasteiger charge is 2.33. The van der Waals surface area contributed by atoms with Crippen molar-refractivity contribution in [1.82, 2.24) is 0 Å². The number of unbranched alkanes of at least 4 members (excludes halogenated alkanes) is 2. The molecule has 1 atom stereocenters. The highest BCUT2D eigenvalue weighted by atomic mass is 16.1. The molecule has 0 amide bonds. The average Bonchev–Trinajstić information content (AvgIpc) is 2.78. The highest BCUT2D eigenvalue weighted by molar-refractivity contribution is 6.31. The van der Waals surface area contributed by atoms with Crippen LogP contribution < -0.4 is 10.6 Å². The van der Waals surface area contributed by atoms with E-state index in [1.165, 1.54) is 19.3 Å². The van der Waals surface area contributed by atoms with Crippen molar-refractivity contribution >= 4 is 22.9 Å². The lowest BCUT2D eigenvalue weighted by Crippen LogP contribution is -2.25. The van der Waals surface area contributed by atoms with E-state index in [1.54, 1.807) is 12.1 Å². The number of benzene rings is 2. The maximum Gasteiger partial charge on any atom is 0.196 e. The zero-order chi connectivity index (χ0) is 21.5. The maximum absolute atomic E-state index is 13.4. The van der Waals surface area contributed by atoms with E-state index >= 15 is 0 Å². The third-order valence-electron chi connectivity index (χ3n) is 6.05. The number of carbonyl (C=O) groups excluding carboxylic acids is 2.